The lowest BCUT2D eigenvalue weighted by atomic mass is 10.3. The number of ether oxygens (including phenoxy) is 1. The molecule has 110 valence electrons. The number of anilines is 2. The van der Waals surface area contributed by atoms with Gasteiger partial charge in [-0.05, 0) is 24.3 Å². The van der Waals surface area contributed by atoms with Crippen LogP contribution in [0.25, 0.3) is 0 Å². The molecule has 0 amide bonds. The maximum atomic E-state index is 11.3. The van der Waals surface area contributed by atoms with Crippen molar-refractivity contribution < 1.29 is 9.84 Å². The van der Waals surface area contributed by atoms with E-state index in [0.29, 0.717) is 11.4 Å². The van der Waals surface area contributed by atoms with Crippen LogP contribution < -0.4 is 15.6 Å². The predicted octanol–water partition coefficient (Wildman–Crippen LogP) is 3.01. The van der Waals surface area contributed by atoms with Crippen LogP contribution in [-0.4, -0.2) is 15.1 Å². The van der Waals surface area contributed by atoms with E-state index in [9.17, 15) is 9.90 Å². The lowest BCUT2D eigenvalue weighted by molar-refractivity contribution is 0.452. The molecule has 3 rings (SSSR count). The molecule has 0 spiro atoms. The first-order valence-electron chi connectivity index (χ1n) is 6.59. The van der Waals surface area contributed by atoms with E-state index in [4.69, 9.17) is 4.74 Å². The van der Waals surface area contributed by atoms with Crippen LogP contribution in [0.5, 0.6) is 17.4 Å². The maximum absolute atomic E-state index is 11.3. The third-order valence-electron chi connectivity index (χ3n) is 2.80. The van der Waals surface area contributed by atoms with E-state index in [1.54, 1.807) is 12.1 Å². The van der Waals surface area contributed by atoms with Crippen molar-refractivity contribution in [2.45, 2.75) is 0 Å². The Morgan fingerprint density at radius 2 is 1.77 bits per heavy atom. The van der Waals surface area contributed by atoms with Gasteiger partial charge in [0.05, 0.1) is 6.07 Å². The number of nitrogens with zero attached hydrogens (tertiary/aromatic N) is 1. The molecule has 0 bridgehead atoms. The average molecular weight is 295 g/mol. The predicted molar refractivity (Wildman–Crippen MR) is 82.8 cm³/mol. The first-order chi connectivity index (χ1) is 10.7. The number of para-hydroxylation sites is 1. The third kappa shape index (κ3) is 3.43. The minimum Gasteiger partial charge on any atom is -0.493 e. The van der Waals surface area contributed by atoms with Gasteiger partial charge in [0.1, 0.15) is 11.5 Å². The van der Waals surface area contributed by atoms with E-state index in [1.165, 1.54) is 0 Å². The highest BCUT2D eigenvalue weighted by atomic mass is 16.5. The Balaban J connectivity index is 1.80. The van der Waals surface area contributed by atoms with Gasteiger partial charge in [-0.2, -0.15) is 4.98 Å². The monoisotopic (exact) mass is 295 g/mol. The third-order valence-corrected chi connectivity index (χ3v) is 2.80. The van der Waals surface area contributed by atoms with Gasteiger partial charge in [0.2, 0.25) is 11.8 Å². The zero-order valence-corrected chi connectivity index (χ0v) is 11.5. The van der Waals surface area contributed by atoms with Gasteiger partial charge in [-0.25, -0.2) is 0 Å². The number of benzene rings is 2. The highest BCUT2D eigenvalue weighted by Gasteiger charge is 2.02. The molecule has 0 unspecified atom stereocenters. The van der Waals surface area contributed by atoms with E-state index in [1.807, 2.05) is 42.5 Å². The van der Waals surface area contributed by atoms with Crippen molar-refractivity contribution >= 4 is 11.6 Å². The van der Waals surface area contributed by atoms with Gasteiger partial charge >= 0.3 is 0 Å². The molecule has 2 aromatic carbocycles. The number of hydrogen-bond donors (Lipinski definition) is 3. The van der Waals surface area contributed by atoms with Gasteiger partial charge in [0, 0.05) is 11.8 Å². The number of rotatable bonds is 4. The zero-order chi connectivity index (χ0) is 15.4. The summed E-state index contributed by atoms with van der Waals surface area (Å²) in [6, 6.07) is 17.6. The number of hydrogen-bond acceptors (Lipinski definition) is 5. The van der Waals surface area contributed by atoms with Crippen LogP contribution in [0.3, 0.4) is 0 Å². The molecule has 0 atom stereocenters. The molecule has 0 aliphatic carbocycles. The van der Waals surface area contributed by atoms with Crippen LogP contribution in [0.2, 0.25) is 0 Å². The van der Waals surface area contributed by atoms with Crippen LogP contribution in [0.15, 0.2) is 65.5 Å². The summed E-state index contributed by atoms with van der Waals surface area (Å²) in [6.45, 7) is 0. The van der Waals surface area contributed by atoms with E-state index in [0.717, 1.165) is 11.8 Å². The van der Waals surface area contributed by atoms with E-state index in [2.05, 4.69) is 15.3 Å². The average Bonchev–Trinajstić information content (AvgIpc) is 2.47. The summed E-state index contributed by atoms with van der Waals surface area (Å²) in [7, 11) is 0. The summed E-state index contributed by atoms with van der Waals surface area (Å²) < 4.78 is 5.72. The lowest BCUT2D eigenvalue weighted by Gasteiger charge is -2.09. The first kappa shape index (κ1) is 13.7. The fourth-order valence-electron chi connectivity index (χ4n) is 1.90. The molecule has 0 saturated heterocycles. The molecule has 0 fully saturated rings. The zero-order valence-electron chi connectivity index (χ0n) is 11.5. The van der Waals surface area contributed by atoms with Gasteiger partial charge < -0.3 is 15.2 Å². The fraction of sp³-hybridized carbons (Fsp3) is 0. The molecule has 1 aromatic heterocycles. The first-order valence-corrected chi connectivity index (χ1v) is 6.59. The second-order valence-electron chi connectivity index (χ2n) is 4.52. The highest BCUT2D eigenvalue weighted by molar-refractivity contribution is 5.56. The summed E-state index contributed by atoms with van der Waals surface area (Å²) in [5.41, 5.74) is 0.230. The Hall–Kier alpha value is -3.28. The molecule has 1 heterocycles. The quantitative estimate of drug-likeness (QED) is 0.688. The summed E-state index contributed by atoms with van der Waals surface area (Å²) in [5.74, 6) is 1.17. The van der Waals surface area contributed by atoms with E-state index in [-0.39, 0.29) is 11.8 Å². The molecule has 6 nitrogen and oxygen atoms in total. The molecular weight excluding hydrogens is 282 g/mol. The van der Waals surface area contributed by atoms with Gasteiger partial charge in [-0.1, -0.05) is 24.3 Å². The van der Waals surface area contributed by atoms with Crippen molar-refractivity contribution in [3.8, 4) is 17.4 Å². The Bertz CT molecular complexity index is 831. The molecule has 3 N–H and O–H groups in total. The standard InChI is InChI=1S/C16H13N3O3/c20-14-10-15(21)19-16(18-14)17-11-5-4-8-13(9-11)22-12-6-2-1-3-7-12/h1-10H,(H3,17,18,19,20,21). The topological polar surface area (TPSA) is 87.2 Å². The van der Waals surface area contributed by atoms with Crippen LogP contribution in [0.1, 0.15) is 0 Å². The molecule has 0 radical (unpaired) electrons. The molecule has 22 heavy (non-hydrogen) atoms. The SMILES string of the molecule is O=c1cc(O)nc(Nc2cccc(Oc3ccccc3)c2)[nH]1. The summed E-state index contributed by atoms with van der Waals surface area (Å²) in [6.07, 6.45) is 0. The van der Waals surface area contributed by atoms with Crippen molar-refractivity contribution in [1.82, 2.24) is 9.97 Å². The van der Waals surface area contributed by atoms with Crippen molar-refractivity contribution in [3.05, 3.63) is 71.0 Å². The van der Waals surface area contributed by atoms with Crippen LogP contribution in [0, 0.1) is 0 Å². The summed E-state index contributed by atoms with van der Waals surface area (Å²) >= 11 is 0. The molecule has 0 saturated carbocycles. The van der Waals surface area contributed by atoms with Crippen LogP contribution in [0.4, 0.5) is 11.6 Å². The lowest BCUT2D eigenvalue weighted by Crippen LogP contribution is -2.08. The van der Waals surface area contributed by atoms with Gasteiger partial charge in [-0.15, -0.1) is 0 Å². The van der Waals surface area contributed by atoms with Crippen molar-refractivity contribution in [3.63, 3.8) is 0 Å². The number of H-pyrrole nitrogens is 1. The van der Waals surface area contributed by atoms with Crippen LogP contribution >= 0.6 is 0 Å². The Morgan fingerprint density at radius 3 is 2.55 bits per heavy atom. The number of aromatic hydroxyl groups is 1. The van der Waals surface area contributed by atoms with E-state index < -0.39 is 5.56 Å². The summed E-state index contributed by atoms with van der Waals surface area (Å²) in [4.78, 5) is 17.6. The van der Waals surface area contributed by atoms with Crippen molar-refractivity contribution in [2.24, 2.45) is 0 Å². The Morgan fingerprint density at radius 1 is 1.00 bits per heavy atom. The smallest absolute Gasteiger partial charge is 0.256 e. The normalized spacial score (nSPS) is 10.2. The highest BCUT2D eigenvalue weighted by Crippen LogP contribution is 2.24. The number of aromatic nitrogens is 2. The van der Waals surface area contributed by atoms with Gasteiger partial charge in [0.15, 0.2) is 0 Å². The number of aromatic amines is 1. The molecular formula is C16H13N3O3. The molecule has 3 aromatic rings. The van der Waals surface area contributed by atoms with Gasteiger partial charge in [-0.3, -0.25) is 9.78 Å². The second kappa shape index (κ2) is 6.01. The largest absolute Gasteiger partial charge is 0.493 e. The molecule has 0 aliphatic rings. The van der Waals surface area contributed by atoms with E-state index >= 15 is 0 Å². The number of nitrogens with one attached hydrogen (secondary N) is 2. The fourth-order valence-corrected chi connectivity index (χ4v) is 1.90. The van der Waals surface area contributed by atoms with Gasteiger partial charge in [0.25, 0.3) is 5.56 Å². The molecule has 6 heteroatoms. The minimum atomic E-state index is -0.438. The maximum Gasteiger partial charge on any atom is 0.256 e. The Labute approximate surface area is 126 Å². The molecule has 0 aliphatic heterocycles. The van der Waals surface area contributed by atoms with Crippen LogP contribution in [-0.2, 0) is 0 Å². The Kier molecular flexibility index (Phi) is 3.74. The summed E-state index contributed by atoms with van der Waals surface area (Å²) in [5, 5.41) is 12.2. The van der Waals surface area contributed by atoms with Crippen molar-refractivity contribution in [1.29, 1.82) is 0 Å². The van der Waals surface area contributed by atoms with Crippen molar-refractivity contribution in [2.75, 3.05) is 5.32 Å². The minimum absolute atomic E-state index is 0.155. The second-order valence-corrected chi connectivity index (χ2v) is 4.52.